The van der Waals surface area contributed by atoms with Crippen LogP contribution in [0.5, 0.6) is 0 Å². The van der Waals surface area contributed by atoms with Crippen LogP contribution < -0.4 is 10.7 Å². The lowest BCUT2D eigenvalue weighted by Crippen LogP contribution is -2.29. The first-order chi connectivity index (χ1) is 17.3. The molecule has 186 valence electrons. The van der Waals surface area contributed by atoms with E-state index in [4.69, 9.17) is 0 Å². The van der Waals surface area contributed by atoms with E-state index in [9.17, 15) is 14.5 Å². The predicted octanol–water partition coefficient (Wildman–Crippen LogP) is 4.48. The molecule has 36 heavy (non-hydrogen) atoms. The lowest BCUT2D eigenvalue weighted by Gasteiger charge is -2.19. The molecule has 9 heteroatoms. The third-order valence-corrected chi connectivity index (χ3v) is 7.52. The summed E-state index contributed by atoms with van der Waals surface area (Å²) in [5.74, 6) is -0.390. The molecule has 0 bridgehead atoms. The second-order valence-corrected chi connectivity index (χ2v) is 10.2. The SMILES string of the molecule is Cc1ccc(CNC(=O)c2cn(C)c3c(C)c(CN(C)CC(N=O)c4cccnc4)sc3c2=O)cc1. The zero-order chi connectivity index (χ0) is 25.8. The van der Waals surface area contributed by atoms with Gasteiger partial charge in [0.05, 0.1) is 10.2 Å². The van der Waals surface area contributed by atoms with Crippen molar-refractivity contribution in [2.45, 2.75) is 33.0 Å². The van der Waals surface area contributed by atoms with Gasteiger partial charge in [-0.05, 0) is 43.7 Å². The molecule has 0 aliphatic heterocycles. The highest BCUT2D eigenvalue weighted by Crippen LogP contribution is 2.30. The van der Waals surface area contributed by atoms with Crippen LogP contribution in [0.25, 0.3) is 10.2 Å². The molecular formula is C27H29N5O3S. The Kier molecular flexibility index (Phi) is 7.71. The first-order valence-electron chi connectivity index (χ1n) is 11.6. The Labute approximate surface area is 213 Å². The van der Waals surface area contributed by atoms with Crippen LogP contribution in [0.15, 0.2) is 65.0 Å². The molecule has 0 saturated heterocycles. The van der Waals surface area contributed by atoms with Crippen LogP contribution in [-0.4, -0.2) is 34.0 Å². The predicted molar refractivity (Wildman–Crippen MR) is 143 cm³/mol. The molecule has 1 N–H and O–H groups in total. The monoisotopic (exact) mass is 503 g/mol. The van der Waals surface area contributed by atoms with Crippen LogP contribution in [0.2, 0.25) is 0 Å². The summed E-state index contributed by atoms with van der Waals surface area (Å²) in [6.07, 6.45) is 4.92. The molecule has 0 saturated carbocycles. The number of aromatic nitrogens is 2. The number of nitrogens with one attached hydrogen (secondary N) is 1. The van der Waals surface area contributed by atoms with Crippen molar-refractivity contribution in [1.82, 2.24) is 19.8 Å². The average molecular weight is 504 g/mol. The topological polar surface area (TPSA) is 96.7 Å². The summed E-state index contributed by atoms with van der Waals surface area (Å²) in [6, 6.07) is 11.0. The lowest BCUT2D eigenvalue weighted by atomic mass is 10.1. The third kappa shape index (κ3) is 5.42. The maximum Gasteiger partial charge on any atom is 0.257 e. The number of carbonyl (C=O) groups is 1. The molecule has 1 aromatic carbocycles. The maximum absolute atomic E-state index is 13.3. The fraction of sp³-hybridized carbons (Fsp3) is 0.296. The number of nitroso groups, excluding NO2 is 1. The van der Waals surface area contributed by atoms with E-state index >= 15 is 0 Å². The van der Waals surface area contributed by atoms with E-state index in [2.05, 4.69) is 15.5 Å². The molecule has 1 unspecified atom stereocenters. The normalized spacial score (nSPS) is 12.1. The zero-order valence-electron chi connectivity index (χ0n) is 20.8. The van der Waals surface area contributed by atoms with Crippen LogP contribution in [0.1, 0.15) is 43.5 Å². The number of fused-ring (bicyclic) bond motifs is 1. The van der Waals surface area contributed by atoms with Gasteiger partial charge in [0, 0.05) is 50.1 Å². The Bertz CT molecular complexity index is 1440. The zero-order valence-corrected chi connectivity index (χ0v) is 21.6. The smallest absolute Gasteiger partial charge is 0.257 e. The molecule has 4 aromatic rings. The highest BCUT2D eigenvalue weighted by atomic mass is 32.1. The molecular weight excluding hydrogens is 474 g/mol. The number of nitrogens with zero attached hydrogens (tertiary/aromatic N) is 4. The van der Waals surface area contributed by atoms with Gasteiger partial charge in [-0.15, -0.1) is 11.3 Å². The number of thiophene rings is 1. The van der Waals surface area contributed by atoms with E-state index in [1.165, 1.54) is 11.3 Å². The van der Waals surface area contributed by atoms with Crippen LogP contribution in [0.4, 0.5) is 0 Å². The second kappa shape index (κ2) is 10.9. The third-order valence-electron chi connectivity index (χ3n) is 6.25. The van der Waals surface area contributed by atoms with Gasteiger partial charge in [0.25, 0.3) is 5.91 Å². The van der Waals surface area contributed by atoms with Crippen molar-refractivity contribution in [1.29, 1.82) is 0 Å². The Morgan fingerprint density at radius 3 is 2.64 bits per heavy atom. The van der Waals surface area contributed by atoms with E-state index in [-0.39, 0.29) is 16.9 Å². The van der Waals surface area contributed by atoms with Gasteiger partial charge in [0.1, 0.15) is 11.6 Å². The molecule has 0 aliphatic carbocycles. The Hall–Kier alpha value is -3.69. The molecule has 0 radical (unpaired) electrons. The van der Waals surface area contributed by atoms with Crippen molar-refractivity contribution in [2.24, 2.45) is 12.2 Å². The second-order valence-electron chi connectivity index (χ2n) is 9.08. The number of benzene rings is 1. The Morgan fingerprint density at radius 1 is 1.22 bits per heavy atom. The Morgan fingerprint density at radius 2 is 1.97 bits per heavy atom. The lowest BCUT2D eigenvalue weighted by molar-refractivity contribution is 0.0949. The minimum Gasteiger partial charge on any atom is -0.349 e. The molecule has 4 rings (SSSR count). The summed E-state index contributed by atoms with van der Waals surface area (Å²) in [6.45, 7) is 5.31. The highest BCUT2D eigenvalue weighted by molar-refractivity contribution is 7.19. The summed E-state index contributed by atoms with van der Waals surface area (Å²) in [5, 5.41) is 6.14. The quantitative estimate of drug-likeness (QED) is 0.340. The van der Waals surface area contributed by atoms with Gasteiger partial charge in [0.15, 0.2) is 0 Å². The van der Waals surface area contributed by atoms with Gasteiger partial charge in [-0.25, -0.2) is 0 Å². The van der Waals surface area contributed by atoms with Gasteiger partial charge in [-0.1, -0.05) is 41.1 Å². The molecule has 0 fully saturated rings. The van der Waals surface area contributed by atoms with Crippen molar-refractivity contribution in [2.75, 3.05) is 13.6 Å². The largest absolute Gasteiger partial charge is 0.349 e. The van der Waals surface area contributed by atoms with E-state index in [0.29, 0.717) is 24.3 Å². The van der Waals surface area contributed by atoms with Crippen LogP contribution in [0, 0.1) is 18.8 Å². The number of rotatable bonds is 9. The Balaban J connectivity index is 1.54. The van der Waals surface area contributed by atoms with Crippen LogP contribution >= 0.6 is 11.3 Å². The van der Waals surface area contributed by atoms with Crippen LogP contribution in [-0.2, 0) is 20.1 Å². The number of hydrogen-bond acceptors (Lipinski definition) is 7. The molecule has 8 nitrogen and oxygen atoms in total. The van der Waals surface area contributed by atoms with Crippen molar-refractivity contribution >= 4 is 27.5 Å². The summed E-state index contributed by atoms with van der Waals surface area (Å²) in [4.78, 5) is 44.7. The van der Waals surface area contributed by atoms with Gasteiger partial charge in [0.2, 0.25) is 5.43 Å². The summed E-state index contributed by atoms with van der Waals surface area (Å²) < 4.78 is 2.40. The van der Waals surface area contributed by atoms with Crippen LogP contribution in [0.3, 0.4) is 0 Å². The summed E-state index contributed by atoms with van der Waals surface area (Å²) >= 11 is 1.40. The fourth-order valence-corrected chi connectivity index (χ4v) is 5.62. The fourth-order valence-electron chi connectivity index (χ4n) is 4.24. The van der Waals surface area contributed by atoms with E-state index in [1.54, 1.807) is 24.7 Å². The molecule has 3 heterocycles. The van der Waals surface area contributed by atoms with Gasteiger partial charge in [-0.3, -0.25) is 19.5 Å². The van der Waals surface area contributed by atoms with Gasteiger partial charge in [-0.2, -0.15) is 4.91 Å². The van der Waals surface area contributed by atoms with Crippen molar-refractivity contribution in [3.05, 3.63) is 103 Å². The molecule has 1 amide bonds. The summed E-state index contributed by atoms with van der Waals surface area (Å²) in [7, 11) is 3.76. The molecule has 0 aliphatic rings. The number of hydrogen-bond donors (Lipinski definition) is 1. The number of amides is 1. The number of carbonyl (C=O) groups excluding carboxylic acids is 1. The van der Waals surface area contributed by atoms with Crippen molar-refractivity contribution in [3.63, 3.8) is 0 Å². The highest BCUT2D eigenvalue weighted by Gasteiger charge is 2.21. The molecule has 1 atom stereocenters. The average Bonchev–Trinajstić information content (AvgIpc) is 3.21. The standard InChI is InChI=1S/C27H29N5O3S/c1-17-7-9-19(10-8-17)12-29-27(34)21-14-32(4)24-18(2)23(36-26(24)25(21)33)16-31(3)15-22(30-35)20-6-5-11-28-13-20/h5-11,13-14,22H,12,15-16H2,1-4H3,(H,29,34). The first kappa shape index (κ1) is 25.4. The maximum atomic E-state index is 13.3. The molecule has 3 aromatic heterocycles. The van der Waals surface area contributed by atoms with Gasteiger partial charge >= 0.3 is 0 Å². The van der Waals surface area contributed by atoms with E-state index in [0.717, 1.165) is 32.6 Å². The van der Waals surface area contributed by atoms with E-state index < -0.39 is 6.04 Å². The molecule has 0 spiro atoms. The summed E-state index contributed by atoms with van der Waals surface area (Å²) in [5.41, 5.74) is 4.55. The number of aryl methyl sites for hydroxylation is 3. The van der Waals surface area contributed by atoms with E-state index in [1.807, 2.05) is 67.7 Å². The minimum absolute atomic E-state index is 0.125. The minimum atomic E-state index is -0.534. The van der Waals surface area contributed by atoms with Crippen molar-refractivity contribution < 1.29 is 4.79 Å². The first-order valence-corrected chi connectivity index (χ1v) is 12.5. The van der Waals surface area contributed by atoms with Gasteiger partial charge < -0.3 is 9.88 Å². The number of pyridine rings is 2. The van der Waals surface area contributed by atoms with Crippen molar-refractivity contribution in [3.8, 4) is 0 Å². The number of likely N-dealkylation sites (N-methyl/N-ethyl adjacent to an activating group) is 1.